The van der Waals surface area contributed by atoms with Crippen LogP contribution in [0.3, 0.4) is 0 Å². The van der Waals surface area contributed by atoms with Crippen molar-refractivity contribution in [1.82, 2.24) is 0 Å². The molecule has 0 aliphatic rings. The summed E-state index contributed by atoms with van der Waals surface area (Å²) in [4.78, 5) is 22.6. The van der Waals surface area contributed by atoms with E-state index in [0.29, 0.717) is 6.61 Å². The summed E-state index contributed by atoms with van der Waals surface area (Å²) in [6.07, 6.45) is 40.2. The molecule has 0 amide bonds. The molecular weight excluding hydrogens is 691 g/mol. The zero-order valence-corrected chi connectivity index (χ0v) is 35.4. The van der Waals surface area contributed by atoms with Gasteiger partial charge in [0.1, 0.15) is 12.2 Å². The van der Waals surface area contributed by atoms with E-state index < -0.39 is 33.2 Å². The van der Waals surface area contributed by atoms with E-state index in [2.05, 4.69) is 26.0 Å². The zero-order valence-electron chi connectivity index (χ0n) is 34.5. The predicted molar refractivity (Wildman–Crippen MR) is 219 cm³/mol. The molecule has 0 aliphatic carbocycles. The maximum absolute atomic E-state index is 12.6. The van der Waals surface area contributed by atoms with Gasteiger partial charge in [0, 0.05) is 13.0 Å². The Morgan fingerprint density at radius 1 is 0.566 bits per heavy atom. The van der Waals surface area contributed by atoms with Crippen molar-refractivity contribution in [2.75, 3.05) is 33.0 Å². The highest BCUT2D eigenvalue weighted by molar-refractivity contribution is 7.47. The number of hydrogen-bond acceptors (Lipinski definition) is 8. The first-order valence-electron chi connectivity index (χ1n) is 22.2. The Balaban J connectivity index is 4.13. The Kier molecular flexibility index (Phi) is 40.2. The van der Waals surface area contributed by atoms with E-state index in [9.17, 15) is 19.4 Å². The second-order valence-electron chi connectivity index (χ2n) is 15.1. The summed E-state index contributed by atoms with van der Waals surface area (Å²) in [7, 11) is -4.51. The number of rotatable bonds is 43. The Morgan fingerprint density at radius 2 is 0.962 bits per heavy atom. The minimum Gasteiger partial charge on any atom is -0.457 e. The summed E-state index contributed by atoms with van der Waals surface area (Å²) in [6, 6.07) is 0. The van der Waals surface area contributed by atoms with Gasteiger partial charge in [0.2, 0.25) is 0 Å². The number of phosphoric acid groups is 1. The van der Waals surface area contributed by atoms with Gasteiger partial charge in [-0.3, -0.25) is 13.8 Å². The van der Waals surface area contributed by atoms with Crippen molar-refractivity contribution in [3.05, 3.63) is 12.2 Å². The van der Waals surface area contributed by atoms with E-state index in [-0.39, 0.29) is 25.6 Å². The van der Waals surface area contributed by atoms with Gasteiger partial charge in [-0.2, -0.15) is 0 Å². The van der Waals surface area contributed by atoms with Crippen molar-refractivity contribution in [3.63, 3.8) is 0 Å². The van der Waals surface area contributed by atoms with Gasteiger partial charge in [0.15, 0.2) is 0 Å². The quantitative estimate of drug-likeness (QED) is 0.0240. The number of allylic oxidation sites excluding steroid dienone is 2. The first kappa shape index (κ1) is 52.2. The Hall–Kier alpha value is -0.800. The van der Waals surface area contributed by atoms with Crippen LogP contribution in [0, 0.1) is 0 Å². The van der Waals surface area contributed by atoms with Crippen LogP contribution < -0.4 is 0 Å². The van der Waals surface area contributed by atoms with E-state index in [1.165, 1.54) is 148 Å². The van der Waals surface area contributed by atoms with Gasteiger partial charge in [-0.1, -0.05) is 180 Å². The van der Waals surface area contributed by atoms with Crippen molar-refractivity contribution in [2.24, 2.45) is 0 Å². The molecule has 3 N–H and O–H groups in total. The molecule has 0 saturated carbocycles. The summed E-state index contributed by atoms with van der Waals surface area (Å²) in [5, 5.41) is 18.3. The van der Waals surface area contributed by atoms with E-state index in [0.717, 1.165) is 44.9 Å². The molecule has 0 aromatic carbocycles. The smallest absolute Gasteiger partial charge is 0.457 e. The van der Waals surface area contributed by atoms with Gasteiger partial charge >= 0.3 is 13.8 Å². The van der Waals surface area contributed by atoms with Crippen LogP contribution >= 0.6 is 7.82 Å². The fourth-order valence-corrected chi connectivity index (χ4v) is 7.08. The molecule has 3 atom stereocenters. The largest absolute Gasteiger partial charge is 0.472 e. The van der Waals surface area contributed by atoms with Crippen LogP contribution in [0.1, 0.15) is 213 Å². The maximum Gasteiger partial charge on any atom is 0.472 e. The van der Waals surface area contributed by atoms with E-state index in [1.54, 1.807) is 0 Å². The highest BCUT2D eigenvalue weighted by Crippen LogP contribution is 2.43. The molecule has 53 heavy (non-hydrogen) atoms. The predicted octanol–water partition coefficient (Wildman–Crippen LogP) is 12.1. The molecule has 3 unspecified atom stereocenters. The lowest BCUT2D eigenvalue weighted by molar-refractivity contribution is -0.154. The summed E-state index contributed by atoms with van der Waals surface area (Å²) in [6.45, 7) is 3.54. The minimum absolute atomic E-state index is 0.0506. The average Bonchev–Trinajstić information content (AvgIpc) is 3.15. The fourth-order valence-electron chi connectivity index (χ4n) is 6.29. The third-order valence-electron chi connectivity index (χ3n) is 9.70. The topological polar surface area (TPSA) is 132 Å². The molecule has 0 saturated heterocycles. The number of esters is 1. The number of carbonyl (C=O) groups is 1. The molecule has 0 heterocycles. The standard InChI is InChI=1S/C43H85O9P/c1-3-5-7-9-11-13-15-17-19-20-21-23-25-27-29-31-33-35-43(46)52-42(40-51-53(47,48)50-38-41(45)37-44)39-49-36-34-32-30-28-26-24-22-18-16-14-12-10-8-6-4-2/h16,18,41-42,44-45H,3-15,17,19-40H2,1-2H3,(H,47,48)/b18-16-. The normalized spacial score (nSPS) is 14.1. The number of phosphoric ester groups is 1. The van der Waals surface area contributed by atoms with Crippen molar-refractivity contribution in [1.29, 1.82) is 0 Å². The summed E-state index contributed by atoms with van der Waals surface area (Å²) in [5.74, 6) is -0.380. The molecule has 0 spiro atoms. The monoisotopic (exact) mass is 777 g/mol. The molecular formula is C43H85O9P. The van der Waals surface area contributed by atoms with Gasteiger partial charge in [0.05, 0.1) is 26.4 Å². The summed E-state index contributed by atoms with van der Waals surface area (Å²) < 4.78 is 33.4. The van der Waals surface area contributed by atoms with E-state index in [4.69, 9.17) is 23.6 Å². The number of ether oxygens (including phenoxy) is 2. The molecule has 0 aliphatic heterocycles. The lowest BCUT2D eigenvalue weighted by atomic mass is 10.0. The van der Waals surface area contributed by atoms with Gasteiger partial charge in [-0.25, -0.2) is 4.57 Å². The third kappa shape index (κ3) is 40.7. The summed E-state index contributed by atoms with van der Waals surface area (Å²) >= 11 is 0. The second-order valence-corrected chi connectivity index (χ2v) is 16.5. The highest BCUT2D eigenvalue weighted by Gasteiger charge is 2.26. The van der Waals surface area contributed by atoms with Crippen molar-refractivity contribution in [3.8, 4) is 0 Å². The number of carbonyl (C=O) groups excluding carboxylic acids is 1. The molecule has 0 radical (unpaired) electrons. The van der Waals surface area contributed by atoms with Crippen LogP contribution in [0.4, 0.5) is 0 Å². The molecule has 10 heteroatoms. The van der Waals surface area contributed by atoms with Gasteiger partial charge in [0.25, 0.3) is 0 Å². The van der Waals surface area contributed by atoms with Gasteiger partial charge in [-0.05, 0) is 38.5 Å². The Morgan fingerprint density at radius 3 is 1.42 bits per heavy atom. The van der Waals surface area contributed by atoms with E-state index in [1.807, 2.05) is 0 Å². The van der Waals surface area contributed by atoms with Crippen LogP contribution in [0.25, 0.3) is 0 Å². The molecule has 0 fully saturated rings. The molecule has 9 nitrogen and oxygen atoms in total. The molecule has 0 aromatic heterocycles. The second kappa shape index (κ2) is 40.9. The average molecular weight is 777 g/mol. The maximum atomic E-state index is 12.6. The van der Waals surface area contributed by atoms with Crippen molar-refractivity contribution >= 4 is 13.8 Å². The molecule has 0 bridgehead atoms. The number of aliphatic hydroxyl groups excluding tert-OH is 2. The fraction of sp³-hybridized carbons (Fsp3) is 0.930. The SMILES string of the molecule is CCCCCCC/C=C\CCCCCCCCOCC(COP(=O)(O)OCC(O)CO)OC(=O)CCCCCCCCCCCCCCCCCCC. The first-order valence-corrected chi connectivity index (χ1v) is 23.7. The van der Waals surface area contributed by atoms with Crippen molar-refractivity contribution < 1.29 is 43.0 Å². The lowest BCUT2D eigenvalue weighted by Gasteiger charge is -2.20. The van der Waals surface area contributed by atoms with Crippen molar-refractivity contribution in [2.45, 2.75) is 225 Å². The molecule has 316 valence electrons. The Labute approximate surface area is 326 Å². The minimum atomic E-state index is -4.51. The van der Waals surface area contributed by atoms with Crippen LogP contribution in [-0.2, 0) is 27.9 Å². The zero-order chi connectivity index (χ0) is 38.9. The van der Waals surface area contributed by atoms with Gasteiger partial charge in [-0.15, -0.1) is 0 Å². The van der Waals surface area contributed by atoms with Crippen LogP contribution in [-0.4, -0.2) is 66.3 Å². The van der Waals surface area contributed by atoms with Crippen LogP contribution in [0.15, 0.2) is 12.2 Å². The van der Waals surface area contributed by atoms with Gasteiger partial charge < -0.3 is 24.6 Å². The third-order valence-corrected chi connectivity index (χ3v) is 10.7. The molecule has 0 aromatic rings. The number of hydrogen-bond donors (Lipinski definition) is 3. The molecule has 0 rings (SSSR count). The Bertz CT molecular complexity index is 841. The lowest BCUT2D eigenvalue weighted by Crippen LogP contribution is -2.29. The number of aliphatic hydroxyl groups is 2. The number of unbranched alkanes of at least 4 members (excludes halogenated alkanes) is 27. The van der Waals surface area contributed by atoms with Crippen LogP contribution in [0.2, 0.25) is 0 Å². The summed E-state index contributed by atoms with van der Waals surface area (Å²) in [5.41, 5.74) is 0. The van der Waals surface area contributed by atoms with Crippen LogP contribution in [0.5, 0.6) is 0 Å². The highest BCUT2D eigenvalue weighted by atomic mass is 31.2. The van der Waals surface area contributed by atoms with E-state index >= 15 is 0 Å². The first-order chi connectivity index (χ1) is 25.8.